The molecule has 0 aromatic heterocycles. The Labute approximate surface area is 95.7 Å². The lowest BCUT2D eigenvalue weighted by atomic mass is 10.1. The number of nitrogens with zero attached hydrogens (tertiary/aromatic N) is 1. The molecule has 0 bridgehead atoms. The van der Waals surface area contributed by atoms with Gasteiger partial charge in [0.05, 0.1) is 0 Å². The lowest BCUT2D eigenvalue weighted by Crippen LogP contribution is -2.40. The molecule has 86 valence electrons. The van der Waals surface area contributed by atoms with Crippen LogP contribution in [0.3, 0.4) is 0 Å². The Bertz CT molecular complexity index is 344. The Kier molecular flexibility index (Phi) is 3.57. The third kappa shape index (κ3) is 2.61. The maximum atomic E-state index is 11.2. The summed E-state index contributed by atoms with van der Waals surface area (Å²) in [5.41, 5.74) is 1.10. The smallest absolute Gasteiger partial charge is 0.321 e. The van der Waals surface area contributed by atoms with Gasteiger partial charge in [-0.2, -0.15) is 0 Å². The van der Waals surface area contributed by atoms with Crippen LogP contribution in [0.1, 0.15) is 18.4 Å². The first-order valence-corrected chi connectivity index (χ1v) is 5.78. The van der Waals surface area contributed by atoms with E-state index in [0.717, 1.165) is 31.5 Å². The maximum absolute atomic E-state index is 11.2. The lowest BCUT2D eigenvalue weighted by molar-refractivity contribution is -0.142. The van der Waals surface area contributed by atoms with Gasteiger partial charge in [0.15, 0.2) is 0 Å². The standard InChI is InChI=1S/C13H17NO2/c15-13(16)12(14-8-4-5-9-14)10-11-6-2-1-3-7-11/h1-3,6-7,12H,4-5,8-10H2,(H,15,16). The first kappa shape index (κ1) is 11.1. The first-order chi connectivity index (χ1) is 7.77. The largest absolute Gasteiger partial charge is 0.480 e. The van der Waals surface area contributed by atoms with Crippen LogP contribution in [-0.4, -0.2) is 35.1 Å². The summed E-state index contributed by atoms with van der Waals surface area (Å²) in [4.78, 5) is 13.3. The van der Waals surface area contributed by atoms with E-state index in [1.165, 1.54) is 0 Å². The first-order valence-electron chi connectivity index (χ1n) is 5.78. The highest BCUT2D eigenvalue weighted by Crippen LogP contribution is 2.15. The predicted octanol–water partition coefficient (Wildman–Crippen LogP) is 1.78. The van der Waals surface area contributed by atoms with Crippen molar-refractivity contribution in [2.75, 3.05) is 13.1 Å². The number of carboxylic acids is 1. The molecule has 1 saturated heterocycles. The molecule has 0 aliphatic carbocycles. The van der Waals surface area contributed by atoms with Crippen molar-refractivity contribution >= 4 is 5.97 Å². The Morgan fingerprint density at radius 3 is 2.44 bits per heavy atom. The maximum Gasteiger partial charge on any atom is 0.321 e. The molecule has 1 aromatic rings. The minimum Gasteiger partial charge on any atom is -0.480 e. The van der Waals surface area contributed by atoms with Crippen LogP contribution in [0.25, 0.3) is 0 Å². The minimum atomic E-state index is -0.703. The Hall–Kier alpha value is -1.35. The van der Waals surface area contributed by atoms with E-state index in [1.54, 1.807) is 0 Å². The zero-order valence-corrected chi connectivity index (χ0v) is 9.30. The summed E-state index contributed by atoms with van der Waals surface area (Å²) in [6, 6.07) is 9.49. The van der Waals surface area contributed by atoms with Gasteiger partial charge in [0.1, 0.15) is 6.04 Å². The van der Waals surface area contributed by atoms with Crippen molar-refractivity contribution in [3.63, 3.8) is 0 Å². The van der Waals surface area contributed by atoms with E-state index < -0.39 is 5.97 Å². The highest BCUT2D eigenvalue weighted by molar-refractivity contribution is 5.74. The van der Waals surface area contributed by atoms with Gasteiger partial charge in [0.2, 0.25) is 0 Å². The van der Waals surface area contributed by atoms with Crippen molar-refractivity contribution in [1.82, 2.24) is 4.90 Å². The summed E-state index contributed by atoms with van der Waals surface area (Å²) < 4.78 is 0. The second-order valence-electron chi connectivity index (χ2n) is 4.29. The molecule has 3 nitrogen and oxygen atoms in total. The van der Waals surface area contributed by atoms with Crippen LogP contribution in [0.5, 0.6) is 0 Å². The molecular weight excluding hydrogens is 202 g/mol. The van der Waals surface area contributed by atoms with Gasteiger partial charge in [-0.1, -0.05) is 30.3 Å². The van der Waals surface area contributed by atoms with Crippen LogP contribution in [0.15, 0.2) is 30.3 Å². The summed E-state index contributed by atoms with van der Waals surface area (Å²) in [7, 11) is 0. The van der Waals surface area contributed by atoms with Gasteiger partial charge >= 0.3 is 5.97 Å². The molecule has 1 unspecified atom stereocenters. The monoisotopic (exact) mass is 219 g/mol. The van der Waals surface area contributed by atoms with Crippen molar-refractivity contribution in [2.45, 2.75) is 25.3 Å². The fourth-order valence-corrected chi connectivity index (χ4v) is 2.26. The Morgan fingerprint density at radius 2 is 1.88 bits per heavy atom. The highest BCUT2D eigenvalue weighted by Gasteiger charge is 2.27. The van der Waals surface area contributed by atoms with Gasteiger partial charge in [-0.15, -0.1) is 0 Å². The van der Waals surface area contributed by atoms with Crippen LogP contribution < -0.4 is 0 Å². The van der Waals surface area contributed by atoms with Crippen LogP contribution >= 0.6 is 0 Å². The predicted molar refractivity (Wildman–Crippen MR) is 62.4 cm³/mol. The number of benzene rings is 1. The SMILES string of the molecule is O=C(O)C(Cc1ccccc1)N1CCCC1. The number of aliphatic carboxylic acids is 1. The van der Waals surface area contributed by atoms with Crippen molar-refractivity contribution in [3.8, 4) is 0 Å². The van der Waals surface area contributed by atoms with E-state index in [9.17, 15) is 9.90 Å². The summed E-state index contributed by atoms with van der Waals surface area (Å²) in [5.74, 6) is -0.703. The van der Waals surface area contributed by atoms with Gasteiger partial charge in [-0.25, -0.2) is 0 Å². The average molecular weight is 219 g/mol. The molecule has 1 aromatic carbocycles. The Morgan fingerprint density at radius 1 is 1.25 bits per heavy atom. The highest BCUT2D eigenvalue weighted by atomic mass is 16.4. The molecule has 1 aliphatic rings. The fraction of sp³-hybridized carbons (Fsp3) is 0.462. The van der Waals surface area contributed by atoms with Gasteiger partial charge in [-0.05, 0) is 37.9 Å². The number of carboxylic acid groups (broad SMARTS) is 1. The summed E-state index contributed by atoms with van der Waals surface area (Å²) in [6.45, 7) is 1.84. The summed E-state index contributed by atoms with van der Waals surface area (Å²) >= 11 is 0. The van der Waals surface area contributed by atoms with Gasteiger partial charge < -0.3 is 5.11 Å². The van der Waals surface area contributed by atoms with Crippen molar-refractivity contribution in [1.29, 1.82) is 0 Å². The number of rotatable bonds is 4. The van der Waals surface area contributed by atoms with E-state index in [-0.39, 0.29) is 6.04 Å². The molecule has 1 aliphatic heterocycles. The molecule has 1 N–H and O–H groups in total. The van der Waals surface area contributed by atoms with E-state index in [0.29, 0.717) is 6.42 Å². The number of hydrogen-bond acceptors (Lipinski definition) is 2. The number of carbonyl (C=O) groups is 1. The second kappa shape index (κ2) is 5.12. The molecule has 0 spiro atoms. The van der Waals surface area contributed by atoms with Gasteiger partial charge in [0, 0.05) is 0 Å². The van der Waals surface area contributed by atoms with Crippen molar-refractivity contribution < 1.29 is 9.90 Å². The van der Waals surface area contributed by atoms with Crippen LogP contribution in [-0.2, 0) is 11.2 Å². The second-order valence-corrected chi connectivity index (χ2v) is 4.29. The molecule has 0 amide bonds. The fourth-order valence-electron chi connectivity index (χ4n) is 2.26. The molecule has 1 atom stereocenters. The summed E-state index contributed by atoms with van der Waals surface area (Å²) in [6.07, 6.45) is 2.85. The van der Waals surface area contributed by atoms with E-state index in [4.69, 9.17) is 0 Å². The Balaban J connectivity index is 2.05. The quantitative estimate of drug-likeness (QED) is 0.839. The number of hydrogen-bond donors (Lipinski definition) is 1. The third-order valence-electron chi connectivity index (χ3n) is 3.14. The van der Waals surface area contributed by atoms with Crippen LogP contribution in [0.2, 0.25) is 0 Å². The van der Waals surface area contributed by atoms with Gasteiger partial charge in [-0.3, -0.25) is 9.69 Å². The molecule has 16 heavy (non-hydrogen) atoms. The van der Waals surface area contributed by atoms with Gasteiger partial charge in [0.25, 0.3) is 0 Å². The average Bonchev–Trinajstić information content (AvgIpc) is 2.80. The normalized spacial score (nSPS) is 18.5. The lowest BCUT2D eigenvalue weighted by Gasteiger charge is -2.23. The van der Waals surface area contributed by atoms with Crippen LogP contribution in [0.4, 0.5) is 0 Å². The van der Waals surface area contributed by atoms with Crippen molar-refractivity contribution in [2.24, 2.45) is 0 Å². The summed E-state index contributed by atoms with van der Waals surface area (Å²) in [5, 5.41) is 9.25. The molecule has 1 fully saturated rings. The molecule has 1 heterocycles. The van der Waals surface area contributed by atoms with E-state index >= 15 is 0 Å². The van der Waals surface area contributed by atoms with E-state index in [2.05, 4.69) is 4.90 Å². The van der Waals surface area contributed by atoms with E-state index in [1.807, 2.05) is 30.3 Å². The zero-order valence-electron chi connectivity index (χ0n) is 9.30. The molecule has 0 radical (unpaired) electrons. The zero-order chi connectivity index (χ0) is 11.4. The molecule has 3 heteroatoms. The topological polar surface area (TPSA) is 40.5 Å². The minimum absolute atomic E-state index is 0.357. The molecular formula is C13H17NO2. The molecule has 2 rings (SSSR count). The number of likely N-dealkylation sites (tertiary alicyclic amines) is 1. The third-order valence-corrected chi connectivity index (χ3v) is 3.14. The van der Waals surface area contributed by atoms with Crippen LogP contribution in [0, 0.1) is 0 Å². The van der Waals surface area contributed by atoms with Crippen molar-refractivity contribution in [3.05, 3.63) is 35.9 Å². The molecule has 0 saturated carbocycles.